The number of methoxy groups -OCH3 is 1. The van der Waals surface area contributed by atoms with E-state index in [-0.39, 0.29) is 11.3 Å². The fourth-order valence-electron chi connectivity index (χ4n) is 2.90. The van der Waals surface area contributed by atoms with Gasteiger partial charge in [-0.3, -0.25) is 14.9 Å². The van der Waals surface area contributed by atoms with E-state index in [4.69, 9.17) is 9.15 Å². The Kier molecular flexibility index (Phi) is 4.66. The topological polar surface area (TPSA) is 108 Å². The molecule has 8 nitrogen and oxygen atoms in total. The van der Waals surface area contributed by atoms with Crippen LogP contribution in [-0.4, -0.2) is 22.9 Å². The number of para-hydroxylation sites is 1. The molecule has 0 aliphatic rings. The molecule has 4 rings (SSSR count). The van der Waals surface area contributed by atoms with Crippen molar-refractivity contribution in [1.82, 2.24) is 4.98 Å². The number of benzene rings is 3. The maximum atomic E-state index is 12.4. The van der Waals surface area contributed by atoms with Gasteiger partial charge in [0.05, 0.1) is 17.6 Å². The van der Waals surface area contributed by atoms with Crippen molar-refractivity contribution < 1.29 is 18.9 Å². The average molecular weight is 389 g/mol. The minimum Gasteiger partial charge on any atom is -0.496 e. The molecular weight excluding hydrogens is 374 g/mol. The zero-order valence-electron chi connectivity index (χ0n) is 15.3. The van der Waals surface area contributed by atoms with E-state index in [9.17, 15) is 14.9 Å². The molecule has 29 heavy (non-hydrogen) atoms. The summed E-state index contributed by atoms with van der Waals surface area (Å²) in [7, 11) is 1.57. The third kappa shape index (κ3) is 3.63. The van der Waals surface area contributed by atoms with Crippen molar-refractivity contribution in [3.63, 3.8) is 0 Å². The average Bonchev–Trinajstić information content (AvgIpc) is 3.17. The van der Waals surface area contributed by atoms with Gasteiger partial charge in [-0.1, -0.05) is 18.2 Å². The molecule has 4 aromatic rings. The summed E-state index contributed by atoms with van der Waals surface area (Å²) >= 11 is 0. The summed E-state index contributed by atoms with van der Waals surface area (Å²) in [6.45, 7) is 0. The van der Waals surface area contributed by atoms with Crippen LogP contribution in [-0.2, 0) is 0 Å². The number of carbonyl (C=O) groups excluding carboxylic acids is 1. The number of fused-ring (bicyclic) bond motifs is 1. The smallest absolute Gasteiger partial charge is 0.270 e. The lowest BCUT2D eigenvalue weighted by Crippen LogP contribution is -2.11. The monoisotopic (exact) mass is 389 g/mol. The maximum Gasteiger partial charge on any atom is 0.270 e. The number of rotatable bonds is 5. The predicted molar refractivity (Wildman–Crippen MR) is 107 cm³/mol. The van der Waals surface area contributed by atoms with Gasteiger partial charge < -0.3 is 14.5 Å². The van der Waals surface area contributed by atoms with Gasteiger partial charge in [0.2, 0.25) is 5.89 Å². The van der Waals surface area contributed by atoms with Crippen LogP contribution in [0.3, 0.4) is 0 Å². The zero-order valence-corrected chi connectivity index (χ0v) is 15.3. The summed E-state index contributed by atoms with van der Waals surface area (Å²) in [5.41, 5.74) is 2.35. The number of nitro benzene ring substituents is 1. The van der Waals surface area contributed by atoms with Gasteiger partial charge >= 0.3 is 0 Å². The van der Waals surface area contributed by atoms with E-state index >= 15 is 0 Å². The van der Waals surface area contributed by atoms with E-state index in [0.717, 1.165) is 0 Å². The molecule has 1 aromatic heterocycles. The summed E-state index contributed by atoms with van der Waals surface area (Å²) in [6.07, 6.45) is 0. The number of carbonyl (C=O) groups is 1. The van der Waals surface area contributed by atoms with E-state index in [0.29, 0.717) is 34.0 Å². The molecule has 0 radical (unpaired) electrons. The number of nitrogens with one attached hydrogen (secondary N) is 1. The Hall–Kier alpha value is -4.20. The predicted octanol–water partition coefficient (Wildman–Crippen LogP) is 4.66. The minimum atomic E-state index is -0.545. The molecule has 0 aliphatic carbocycles. The Morgan fingerprint density at radius 3 is 2.72 bits per heavy atom. The SMILES string of the molecule is COc1ccccc1-c1nc2ccc(NC(=O)c3cccc([N+](=O)[O-])c3)cc2o1. The summed E-state index contributed by atoms with van der Waals surface area (Å²) in [6, 6.07) is 18.0. The molecule has 0 bridgehead atoms. The van der Waals surface area contributed by atoms with E-state index < -0.39 is 10.8 Å². The molecular formula is C21H15N3O5. The Balaban J connectivity index is 1.62. The fraction of sp³-hybridized carbons (Fsp3) is 0.0476. The van der Waals surface area contributed by atoms with Gasteiger partial charge in [-0.2, -0.15) is 0 Å². The van der Waals surface area contributed by atoms with Crippen LogP contribution < -0.4 is 10.1 Å². The standard InChI is InChI=1S/C21H15N3O5/c1-28-18-8-3-2-7-16(18)21-23-17-10-9-14(12-19(17)29-21)22-20(25)13-5-4-6-15(11-13)24(26)27/h2-12H,1H3,(H,22,25). The van der Waals surface area contributed by atoms with Crippen molar-refractivity contribution in [2.45, 2.75) is 0 Å². The minimum absolute atomic E-state index is 0.148. The quantitative estimate of drug-likeness (QED) is 0.393. The molecule has 144 valence electrons. The van der Waals surface area contributed by atoms with Crippen molar-refractivity contribution in [3.8, 4) is 17.2 Å². The van der Waals surface area contributed by atoms with Gasteiger partial charge in [0.25, 0.3) is 11.6 Å². The van der Waals surface area contributed by atoms with Crippen LogP contribution in [0.4, 0.5) is 11.4 Å². The highest BCUT2D eigenvalue weighted by molar-refractivity contribution is 6.05. The van der Waals surface area contributed by atoms with Gasteiger partial charge in [0.15, 0.2) is 5.58 Å². The van der Waals surface area contributed by atoms with Gasteiger partial charge in [0, 0.05) is 29.4 Å². The maximum absolute atomic E-state index is 12.4. The van der Waals surface area contributed by atoms with Gasteiger partial charge in [-0.15, -0.1) is 0 Å². The summed E-state index contributed by atoms with van der Waals surface area (Å²) in [4.78, 5) is 27.3. The number of oxazole rings is 1. The Morgan fingerprint density at radius 2 is 1.93 bits per heavy atom. The molecule has 1 amide bonds. The van der Waals surface area contributed by atoms with Gasteiger partial charge in [0.1, 0.15) is 11.3 Å². The van der Waals surface area contributed by atoms with E-state index in [1.807, 2.05) is 24.3 Å². The van der Waals surface area contributed by atoms with E-state index in [1.54, 1.807) is 25.3 Å². The van der Waals surface area contributed by atoms with Crippen molar-refractivity contribution in [3.05, 3.63) is 82.4 Å². The lowest BCUT2D eigenvalue weighted by molar-refractivity contribution is -0.384. The molecule has 0 saturated heterocycles. The Labute approximate surface area is 164 Å². The molecule has 0 saturated carbocycles. The number of anilines is 1. The third-order valence-electron chi connectivity index (χ3n) is 4.30. The Bertz CT molecular complexity index is 1230. The van der Waals surface area contributed by atoms with Crippen LogP contribution in [0.5, 0.6) is 5.75 Å². The number of aromatic nitrogens is 1. The van der Waals surface area contributed by atoms with Crippen molar-refractivity contribution in [1.29, 1.82) is 0 Å². The lowest BCUT2D eigenvalue weighted by Gasteiger charge is -2.05. The summed E-state index contributed by atoms with van der Waals surface area (Å²) < 4.78 is 11.2. The second kappa shape index (κ2) is 7.43. The molecule has 8 heteroatoms. The van der Waals surface area contributed by atoms with Crippen molar-refractivity contribution in [2.24, 2.45) is 0 Å². The number of ether oxygens (including phenoxy) is 1. The third-order valence-corrected chi connectivity index (χ3v) is 4.30. The lowest BCUT2D eigenvalue weighted by atomic mass is 10.2. The number of nitro groups is 1. The van der Waals surface area contributed by atoms with Crippen LogP contribution in [0.2, 0.25) is 0 Å². The molecule has 1 heterocycles. The summed E-state index contributed by atoms with van der Waals surface area (Å²) in [5.74, 6) is 0.579. The first-order valence-corrected chi connectivity index (χ1v) is 8.65. The second-order valence-corrected chi connectivity index (χ2v) is 6.16. The number of hydrogen-bond donors (Lipinski definition) is 1. The van der Waals surface area contributed by atoms with Crippen LogP contribution in [0.25, 0.3) is 22.6 Å². The van der Waals surface area contributed by atoms with Crippen LogP contribution in [0.15, 0.2) is 71.1 Å². The Morgan fingerprint density at radius 1 is 1.10 bits per heavy atom. The number of amides is 1. The fourth-order valence-corrected chi connectivity index (χ4v) is 2.90. The highest BCUT2D eigenvalue weighted by atomic mass is 16.6. The van der Waals surface area contributed by atoms with E-state index in [2.05, 4.69) is 10.3 Å². The number of hydrogen-bond acceptors (Lipinski definition) is 6. The highest BCUT2D eigenvalue weighted by Gasteiger charge is 2.15. The molecule has 0 fully saturated rings. The van der Waals surface area contributed by atoms with Crippen LogP contribution in [0.1, 0.15) is 10.4 Å². The van der Waals surface area contributed by atoms with E-state index in [1.165, 1.54) is 24.3 Å². The van der Waals surface area contributed by atoms with Crippen LogP contribution >= 0.6 is 0 Å². The number of non-ortho nitro benzene ring substituents is 1. The molecule has 3 aromatic carbocycles. The van der Waals surface area contributed by atoms with Crippen molar-refractivity contribution in [2.75, 3.05) is 12.4 Å². The normalized spacial score (nSPS) is 10.7. The largest absolute Gasteiger partial charge is 0.496 e. The first-order chi connectivity index (χ1) is 14.0. The molecule has 0 aliphatic heterocycles. The molecule has 0 spiro atoms. The zero-order chi connectivity index (χ0) is 20.4. The van der Waals surface area contributed by atoms with Gasteiger partial charge in [-0.25, -0.2) is 4.98 Å². The van der Waals surface area contributed by atoms with Crippen molar-refractivity contribution >= 4 is 28.4 Å². The van der Waals surface area contributed by atoms with Crippen LogP contribution in [0, 0.1) is 10.1 Å². The first kappa shape index (κ1) is 18.2. The highest BCUT2D eigenvalue weighted by Crippen LogP contribution is 2.32. The number of nitrogens with zero attached hydrogens (tertiary/aromatic N) is 2. The second-order valence-electron chi connectivity index (χ2n) is 6.16. The molecule has 0 atom stereocenters. The summed E-state index contributed by atoms with van der Waals surface area (Å²) in [5, 5.41) is 13.6. The molecule has 0 unspecified atom stereocenters. The molecule has 1 N–H and O–H groups in total. The first-order valence-electron chi connectivity index (χ1n) is 8.65. The van der Waals surface area contributed by atoms with Gasteiger partial charge in [-0.05, 0) is 30.3 Å².